The smallest absolute Gasteiger partial charge is 0.330 e. The van der Waals surface area contributed by atoms with Crippen LogP contribution in [0.1, 0.15) is 32.3 Å². The third kappa shape index (κ3) is 4.83. The summed E-state index contributed by atoms with van der Waals surface area (Å²) in [6.07, 6.45) is 5.26. The molecule has 5 heteroatoms. The summed E-state index contributed by atoms with van der Waals surface area (Å²) in [5.74, 6) is 0.498. The lowest BCUT2D eigenvalue weighted by molar-refractivity contribution is -0.164. The van der Waals surface area contributed by atoms with Crippen molar-refractivity contribution in [3.63, 3.8) is 0 Å². The second kappa shape index (κ2) is 8.93. The molecular formula is C23H30O5. The third-order valence-corrected chi connectivity index (χ3v) is 5.77. The molecule has 1 aromatic rings. The number of benzene rings is 1. The van der Waals surface area contributed by atoms with E-state index in [-0.39, 0.29) is 16.8 Å². The van der Waals surface area contributed by atoms with Gasteiger partial charge in [-0.1, -0.05) is 31.7 Å². The van der Waals surface area contributed by atoms with Crippen LogP contribution in [0.3, 0.4) is 0 Å². The summed E-state index contributed by atoms with van der Waals surface area (Å²) in [7, 11) is 0. The largest absolute Gasteiger partial charge is 0.493 e. The van der Waals surface area contributed by atoms with Gasteiger partial charge in [-0.15, -0.1) is 0 Å². The van der Waals surface area contributed by atoms with Crippen molar-refractivity contribution in [1.29, 1.82) is 0 Å². The minimum absolute atomic E-state index is 0.123. The van der Waals surface area contributed by atoms with Crippen LogP contribution in [0.4, 0.5) is 0 Å². The summed E-state index contributed by atoms with van der Waals surface area (Å²) in [6, 6.07) is 8.20. The van der Waals surface area contributed by atoms with Gasteiger partial charge in [0.25, 0.3) is 0 Å². The van der Waals surface area contributed by atoms with Gasteiger partial charge in [0.1, 0.15) is 12.4 Å². The molecule has 0 amide bonds. The van der Waals surface area contributed by atoms with Gasteiger partial charge in [-0.3, -0.25) is 0 Å². The maximum atomic E-state index is 11.3. The van der Waals surface area contributed by atoms with E-state index >= 15 is 0 Å². The Bertz CT molecular complexity index is 706. The van der Waals surface area contributed by atoms with E-state index in [1.165, 1.54) is 11.6 Å². The average molecular weight is 386 g/mol. The van der Waals surface area contributed by atoms with Crippen LogP contribution >= 0.6 is 0 Å². The van der Waals surface area contributed by atoms with Crippen molar-refractivity contribution in [2.24, 2.45) is 10.8 Å². The van der Waals surface area contributed by atoms with Crippen LogP contribution in [-0.4, -0.2) is 45.6 Å². The first-order valence-corrected chi connectivity index (χ1v) is 9.85. The van der Waals surface area contributed by atoms with E-state index in [4.69, 9.17) is 18.9 Å². The lowest BCUT2D eigenvalue weighted by atomic mass is 9.82. The molecule has 3 rings (SSSR count). The van der Waals surface area contributed by atoms with Gasteiger partial charge >= 0.3 is 5.97 Å². The summed E-state index contributed by atoms with van der Waals surface area (Å²) < 4.78 is 21.9. The zero-order chi connectivity index (χ0) is 20.0. The molecule has 0 saturated carbocycles. The first kappa shape index (κ1) is 20.6. The van der Waals surface area contributed by atoms with Crippen molar-refractivity contribution in [2.45, 2.75) is 26.7 Å². The van der Waals surface area contributed by atoms with Crippen LogP contribution in [-0.2, 0) is 19.0 Å². The van der Waals surface area contributed by atoms with E-state index in [0.29, 0.717) is 26.4 Å². The Kier molecular flexibility index (Phi) is 6.57. The van der Waals surface area contributed by atoms with Gasteiger partial charge in [-0.2, -0.15) is 0 Å². The second-order valence-electron chi connectivity index (χ2n) is 8.06. The molecular weight excluding hydrogens is 356 g/mol. The summed E-state index contributed by atoms with van der Waals surface area (Å²) in [4.78, 5) is 11.3. The highest BCUT2D eigenvalue weighted by Gasteiger charge is 2.39. The normalized spacial score (nSPS) is 19.9. The van der Waals surface area contributed by atoms with Gasteiger partial charge in [0, 0.05) is 6.08 Å². The van der Waals surface area contributed by atoms with Crippen molar-refractivity contribution < 1.29 is 23.7 Å². The predicted molar refractivity (Wildman–Crippen MR) is 108 cm³/mol. The SMILES string of the molecule is C=CC(=O)OCC1(C/C=C(/C)c2ccc(OCC3(CC)COC3)cc2)COC1. The molecule has 1 aromatic carbocycles. The Labute approximate surface area is 167 Å². The molecule has 2 heterocycles. The Morgan fingerprint density at radius 3 is 2.25 bits per heavy atom. The molecule has 2 fully saturated rings. The molecule has 28 heavy (non-hydrogen) atoms. The van der Waals surface area contributed by atoms with Crippen molar-refractivity contribution >= 4 is 11.5 Å². The Morgan fingerprint density at radius 2 is 1.75 bits per heavy atom. The number of carbonyl (C=O) groups excluding carboxylic acids is 1. The highest BCUT2D eigenvalue weighted by atomic mass is 16.5. The Morgan fingerprint density at radius 1 is 1.11 bits per heavy atom. The van der Waals surface area contributed by atoms with Gasteiger partial charge in [0.2, 0.25) is 0 Å². The number of hydrogen-bond acceptors (Lipinski definition) is 5. The molecule has 152 valence electrons. The average Bonchev–Trinajstić information content (AvgIpc) is 2.66. The molecule has 0 radical (unpaired) electrons. The molecule has 0 aliphatic carbocycles. The quantitative estimate of drug-likeness (QED) is 0.449. The number of rotatable bonds is 10. The molecule has 2 saturated heterocycles. The maximum absolute atomic E-state index is 11.3. The molecule has 0 bridgehead atoms. The minimum Gasteiger partial charge on any atom is -0.493 e. The summed E-state index contributed by atoms with van der Waals surface area (Å²) >= 11 is 0. The first-order chi connectivity index (χ1) is 13.5. The van der Waals surface area contributed by atoms with E-state index < -0.39 is 0 Å². The number of allylic oxidation sites excluding steroid dienone is 2. The topological polar surface area (TPSA) is 54.0 Å². The number of esters is 1. The standard InChI is InChI=1S/C23H30O5/c1-4-21(24)28-17-23(14-26-15-23)11-10-18(3)19-6-8-20(9-7-19)27-16-22(5-2)12-25-13-22/h4,6-10H,1,5,11-17H2,2-3H3/b18-10-. The van der Waals surface area contributed by atoms with E-state index in [0.717, 1.165) is 37.4 Å². The zero-order valence-corrected chi connectivity index (χ0v) is 16.9. The lowest BCUT2D eigenvalue weighted by Gasteiger charge is -2.40. The fourth-order valence-electron chi connectivity index (χ4n) is 3.25. The molecule has 0 aromatic heterocycles. The van der Waals surface area contributed by atoms with Gasteiger partial charge in [0.05, 0.1) is 43.9 Å². The van der Waals surface area contributed by atoms with E-state index in [1.807, 2.05) is 12.1 Å². The van der Waals surface area contributed by atoms with Gasteiger partial charge < -0.3 is 18.9 Å². The minimum atomic E-state index is -0.388. The molecule has 2 aliphatic rings. The van der Waals surface area contributed by atoms with E-state index in [1.54, 1.807) is 0 Å². The first-order valence-electron chi connectivity index (χ1n) is 9.85. The van der Waals surface area contributed by atoms with Crippen molar-refractivity contribution in [2.75, 3.05) is 39.6 Å². The van der Waals surface area contributed by atoms with Crippen LogP contribution in [0, 0.1) is 10.8 Å². The number of carbonyl (C=O) groups is 1. The molecule has 0 unspecified atom stereocenters. The second-order valence-corrected chi connectivity index (χ2v) is 8.06. The highest BCUT2D eigenvalue weighted by Crippen LogP contribution is 2.34. The monoisotopic (exact) mass is 386 g/mol. The van der Waals surface area contributed by atoms with E-state index in [2.05, 4.69) is 38.6 Å². The van der Waals surface area contributed by atoms with Crippen molar-refractivity contribution in [3.8, 4) is 5.75 Å². The van der Waals surface area contributed by atoms with Crippen LogP contribution in [0.2, 0.25) is 0 Å². The Balaban J connectivity index is 1.53. The number of hydrogen-bond donors (Lipinski definition) is 0. The molecule has 0 N–H and O–H groups in total. The summed E-state index contributed by atoms with van der Waals surface area (Å²) in [5.41, 5.74) is 2.40. The van der Waals surface area contributed by atoms with Gasteiger partial charge in [0.15, 0.2) is 0 Å². The number of ether oxygens (including phenoxy) is 4. The predicted octanol–water partition coefficient (Wildman–Crippen LogP) is 4.03. The van der Waals surface area contributed by atoms with Crippen LogP contribution in [0.25, 0.3) is 5.57 Å². The van der Waals surface area contributed by atoms with Crippen LogP contribution in [0.15, 0.2) is 43.0 Å². The van der Waals surface area contributed by atoms with Crippen LogP contribution in [0.5, 0.6) is 5.75 Å². The fourth-order valence-corrected chi connectivity index (χ4v) is 3.25. The Hall–Kier alpha value is -2.11. The summed E-state index contributed by atoms with van der Waals surface area (Å²) in [6.45, 7) is 11.6. The fraction of sp³-hybridized carbons (Fsp3) is 0.522. The van der Waals surface area contributed by atoms with Crippen molar-refractivity contribution in [1.82, 2.24) is 0 Å². The third-order valence-electron chi connectivity index (χ3n) is 5.77. The van der Waals surface area contributed by atoms with Crippen molar-refractivity contribution in [3.05, 3.63) is 48.6 Å². The maximum Gasteiger partial charge on any atom is 0.330 e. The lowest BCUT2D eigenvalue weighted by Crippen LogP contribution is -2.46. The zero-order valence-electron chi connectivity index (χ0n) is 16.9. The molecule has 2 aliphatic heterocycles. The van der Waals surface area contributed by atoms with Crippen LogP contribution < -0.4 is 4.74 Å². The molecule has 5 nitrogen and oxygen atoms in total. The highest BCUT2D eigenvalue weighted by molar-refractivity contribution is 5.81. The molecule has 0 spiro atoms. The summed E-state index contributed by atoms with van der Waals surface area (Å²) in [5, 5.41) is 0. The van der Waals surface area contributed by atoms with Gasteiger partial charge in [-0.25, -0.2) is 4.79 Å². The molecule has 0 atom stereocenters. The van der Waals surface area contributed by atoms with E-state index in [9.17, 15) is 4.79 Å². The van der Waals surface area contributed by atoms with Gasteiger partial charge in [-0.05, 0) is 43.0 Å².